The van der Waals surface area contributed by atoms with E-state index in [4.69, 9.17) is 27.0 Å². The van der Waals surface area contributed by atoms with E-state index in [-0.39, 0.29) is 4.90 Å². The fourth-order valence-corrected chi connectivity index (χ4v) is 2.32. The predicted molar refractivity (Wildman–Crippen MR) is 71.0 cm³/mol. The van der Waals surface area contributed by atoms with E-state index in [1.807, 2.05) is 0 Å². The van der Waals surface area contributed by atoms with Gasteiger partial charge in [-0.15, -0.1) is 0 Å². The number of hydrogen-bond acceptors (Lipinski definition) is 3. The summed E-state index contributed by atoms with van der Waals surface area (Å²) in [5, 5.41) is 0.536. The number of benzene rings is 2. The summed E-state index contributed by atoms with van der Waals surface area (Å²) >= 11 is 5.82. The highest BCUT2D eigenvalue weighted by atomic mass is 35.7. The molecule has 0 aliphatic heterocycles. The first-order valence-electron chi connectivity index (χ1n) is 4.93. The van der Waals surface area contributed by atoms with E-state index in [1.54, 1.807) is 36.4 Å². The summed E-state index contributed by atoms with van der Waals surface area (Å²) < 4.78 is 27.8. The Morgan fingerprint density at radius 2 is 1.56 bits per heavy atom. The predicted octanol–water partition coefficient (Wildman–Crippen LogP) is 4.06. The van der Waals surface area contributed by atoms with Gasteiger partial charge < -0.3 is 4.74 Å². The van der Waals surface area contributed by atoms with Crippen molar-refractivity contribution in [1.82, 2.24) is 0 Å². The molecule has 0 radical (unpaired) electrons. The van der Waals surface area contributed by atoms with Gasteiger partial charge in [0.25, 0.3) is 9.05 Å². The number of rotatable bonds is 3. The van der Waals surface area contributed by atoms with E-state index in [9.17, 15) is 8.42 Å². The summed E-state index contributed by atoms with van der Waals surface area (Å²) in [6.45, 7) is 0. The fraction of sp³-hybridized carbons (Fsp3) is 0. The van der Waals surface area contributed by atoms with E-state index in [2.05, 4.69) is 0 Å². The number of halogens is 2. The zero-order valence-corrected chi connectivity index (χ0v) is 11.3. The van der Waals surface area contributed by atoms with Gasteiger partial charge in [-0.25, -0.2) is 8.42 Å². The molecule has 0 fully saturated rings. The molecule has 0 amide bonds. The molecule has 2 aromatic rings. The van der Waals surface area contributed by atoms with Gasteiger partial charge in [0, 0.05) is 21.8 Å². The minimum atomic E-state index is -3.76. The first-order chi connectivity index (χ1) is 8.45. The standard InChI is InChI=1S/C12H8Cl2O3S/c13-9-3-1-4-10(7-9)17-11-5-2-6-12(8-11)18(14,15)16/h1-8H. The second-order valence-electron chi connectivity index (χ2n) is 3.47. The fourth-order valence-electron chi connectivity index (χ4n) is 1.36. The monoisotopic (exact) mass is 302 g/mol. The third kappa shape index (κ3) is 3.38. The lowest BCUT2D eigenvalue weighted by Crippen LogP contribution is -1.91. The third-order valence-electron chi connectivity index (χ3n) is 2.12. The van der Waals surface area contributed by atoms with E-state index in [1.165, 1.54) is 12.1 Å². The summed E-state index contributed by atoms with van der Waals surface area (Å²) in [7, 11) is 1.49. The van der Waals surface area contributed by atoms with Crippen LogP contribution in [0.1, 0.15) is 0 Å². The minimum absolute atomic E-state index is 0.0105. The largest absolute Gasteiger partial charge is 0.457 e. The van der Waals surface area contributed by atoms with Gasteiger partial charge in [-0.05, 0) is 30.3 Å². The lowest BCUT2D eigenvalue weighted by Gasteiger charge is -2.06. The highest BCUT2D eigenvalue weighted by Gasteiger charge is 2.10. The smallest absolute Gasteiger partial charge is 0.261 e. The van der Waals surface area contributed by atoms with Crippen LogP contribution in [0.25, 0.3) is 0 Å². The topological polar surface area (TPSA) is 43.4 Å². The van der Waals surface area contributed by atoms with Gasteiger partial charge in [-0.1, -0.05) is 23.7 Å². The zero-order valence-electron chi connectivity index (χ0n) is 9.01. The summed E-state index contributed by atoms with van der Waals surface area (Å²) in [4.78, 5) is -0.0105. The van der Waals surface area contributed by atoms with Crippen molar-refractivity contribution in [2.45, 2.75) is 4.90 Å². The molecule has 94 valence electrons. The molecule has 0 aliphatic rings. The maximum absolute atomic E-state index is 11.2. The molecule has 0 spiro atoms. The molecular weight excluding hydrogens is 295 g/mol. The van der Waals surface area contributed by atoms with Crippen molar-refractivity contribution in [2.75, 3.05) is 0 Å². The highest BCUT2D eigenvalue weighted by Crippen LogP contribution is 2.26. The van der Waals surface area contributed by atoms with E-state index in [0.29, 0.717) is 16.5 Å². The highest BCUT2D eigenvalue weighted by molar-refractivity contribution is 8.13. The maximum atomic E-state index is 11.2. The Balaban J connectivity index is 2.30. The van der Waals surface area contributed by atoms with Crippen LogP contribution in [-0.4, -0.2) is 8.42 Å². The average molecular weight is 303 g/mol. The number of ether oxygens (including phenoxy) is 1. The molecule has 0 bridgehead atoms. The van der Waals surface area contributed by atoms with Gasteiger partial charge in [0.2, 0.25) is 0 Å². The molecule has 3 nitrogen and oxygen atoms in total. The van der Waals surface area contributed by atoms with Crippen molar-refractivity contribution in [3.8, 4) is 11.5 Å². The third-order valence-corrected chi connectivity index (χ3v) is 3.71. The summed E-state index contributed by atoms with van der Waals surface area (Å²) in [6, 6.07) is 12.7. The molecule has 6 heteroatoms. The van der Waals surface area contributed by atoms with Gasteiger partial charge in [-0.3, -0.25) is 0 Å². The molecule has 2 rings (SSSR count). The molecule has 0 saturated carbocycles. The van der Waals surface area contributed by atoms with E-state index < -0.39 is 9.05 Å². The van der Waals surface area contributed by atoms with Crippen LogP contribution in [-0.2, 0) is 9.05 Å². The molecule has 0 heterocycles. The Morgan fingerprint density at radius 1 is 0.944 bits per heavy atom. The molecule has 0 unspecified atom stereocenters. The van der Waals surface area contributed by atoms with Crippen LogP contribution in [0.4, 0.5) is 0 Å². The Bertz CT molecular complexity index is 669. The summed E-state index contributed by atoms with van der Waals surface area (Å²) in [6.07, 6.45) is 0. The Labute approximate surface area is 114 Å². The van der Waals surface area contributed by atoms with E-state index in [0.717, 1.165) is 0 Å². The Kier molecular flexibility index (Phi) is 3.80. The van der Waals surface area contributed by atoms with Crippen molar-refractivity contribution in [2.24, 2.45) is 0 Å². The summed E-state index contributed by atoms with van der Waals surface area (Å²) in [5.41, 5.74) is 0. The van der Waals surface area contributed by atoms with E-state index >= 15 is 0 Å². The Morgan fingerprint density at radius 3 is 2.17 bits per heavy atom. The first-order valence-corrected chi connectivity index (χ1v) is 7.62. The van der Waals surface area contributed by atoms with Crippen LogP contribution in [0.15, 0.2) is 53.4 Å². The van der Waals surface area contributed by atoms with Crippen molar-refractivity contribution in [1.29, 1.82) is 0 Å². The molecule has 0 aromatic heterocycles. The van der Waals surface area contributed by atoms with Crippen molar-refractivity contribution in [3.63, 3.8) is 0 Å². The van der Waals surface area contributed by atoms with Crippen LogP contribution in [0.2, 0.25) is 5.02 Å². The molecular formula is C12H8Cl2O3S. The van der Waals surface area contributed by atoms with Gasteiger partial charge in [0.15, 0.2) is 0 Å². The van der Waals surface area contributed by atoms with Crippen molar-refractivity contribution in [3.05, 3.63) is 53.6 Å². The molecule has 0 saturated heterocycles. The van der Waals surface area contributed by atoms with Crippen LogP contribution >= 0.6 is 22.3 Å². The van der Waals surface area contributed by atoms with Crippen LogP contribution in [0, 0.1) is 0 Å². The molecule has 18 heavy (non-hydrogen) atoms. The SMILES string of the molecule is O=S(=O)(Cl)c1cccc(Oc2cccc(Cl)c2)c1. The lowest BCUT2D eigenvalue weighted by molar-refractivity contribution is 0.481. The zero-order chi connectivity index (χ0) is 13.2. The molecule has 0 atom stereocenters. The molecule has 0 N–H and O–H groups in total. The quantitative estimate of drug-likeness (QED) is 0.803. The Hall–Kier alpha value is -1.23. The van der Waals surface area contributed by atoms with Gasteiger partial charge >= 0.3 is 0 Å². The van der Waals surface area contributed by atoms with Crippen LogP contribution < -0.4 is 4.74 Å². The van der Waals surface area contributed by atoms with Gasteiger partial charge in [0.05, 0.1) is 4.90 Å². The molecule has 0 aliphatic carbocycles. The summed E-state index contributed by atoms with van der Waals surface area (Å²) in [5.74, 6) is 0.894. The van der Waals surface area contributed by atoms with Crippen molar-refractivity contribution >= 4 is 31.3 Å². The van der Waals surface area contributed by atoms with Crippen LogP contribution in [0.5, 0.6) is 11.5 Å². The van der Waals surface area contributed by atoms with Crippen LogP contribution in [0.3, 0.4) is 0 Å². The number of hydrogen-bond donors (Lipinski definition) is 0. The second kappa shape index (κ2) is 5.18. The lowest BCUT2D eigenvalue weighted by atomic mass is 10.3. The average Bonchev–Trinajstić information content (AvgIpc) is 2.28. The normalized spacial score (nSPS) is 11.2. The van der Waals surface area contributed by atoms with Gasteiger partial charge in [-0.2, -0.15) is 0 Å². The van der Waals surface area contributed by atoms with Gasteiger partial charge in [0.1, 0.15) is 11.5 Å². The molecule has 2 aromatic carbocycles. The maximum Gasteiger partial charge on any atom is 0.261 e. The second-order valence-corrected chi connectivity index (χ2v) is 6.47. The minimum Gasteiger partial charge on any atom is -0.457 e. The van der Waals surface area contributed by atoms with Crippen molar-refractivity contribution < 1.29 is 13.2 Å². The first kappa shape index (κ1) is 13.2.